The monoisotopic (exact) mass is 224 g/mol. The third-order valence-electron chi connectivity index (χ3n) is 2.02. The van der Waals surface area contributed by atoms with Crippen molar-refractivity contribution >= 4 is 17.5 Å². The van der Waals surface area contributed by atoms with Gasteiger partial charge < -0.3 is 4.74 Å². The minimum absolute atomic E-state index is 0.0612. The Labute approximate surface area is 95.0 Å². The van der Waals surface area contributed by atoms with E-state index in [2.05, 4.69) is 6.92 Å². The van der Waals surface area contributed by atoms with Crippen LogP contribution in [-0.2, 0) is 0 Å². The van der Waals surface area contributed by atoms with Gasteiger partial charge in [0.25, 0.3) is 0 Å². The lowest BCUT2D eigenvalue weighted by Crippen LogP contribution is -2.00. The largest absolute Gasteiger partial charge is 0.496 e. The highest BCUT2D eigenvalue weighted by molar-refractivity contribution is 7.99. The lowest BCUT2D eigenvalue weighted by atomic mass is 10.1. The summed E-state index contributed by atoms with van der Waals surface area (Å²) in [7, 11) is 1.59. The molecule has 0 saturated carbocycles. The minimum Gasteiger partial charge on any atom is -0.496 e. The number of thioether (sulfide) groups is 1. The molecule has 0 N–H and O–H groups in total. The molecule has 15 heavy (non-hydrogen) atoms. The van der Waals surface area contributed by atoms with Crippen molar-refractivity contribution in [3.05, 3.63) is 23.8 Å². The first-order chi connectivity index (χ1) is 7.20. The molecule has 0 fully saturated rings. The summed E-state index contributed by atoms with van der Waals surface area (Å²) in [6, 6.07) is 5.72. The molecule has 0 spiro atoms. The zero-order valence-electron chi connectivity index (χ0n) is 9.37. The molecule has 0 aromatic heterocycles. The smallest absolute Gasteiger partial charge is 0.164 e. The topological polar surface area (TPSA) is 26.3 Å². The molecule has 0 aliphatic rings. The Hall–Kier alpha value is -0.960. The zero-order valence-corrected chi connectivity index (χ0v) is 10.2. The molecule has 3 heteroatoms. The van der Waals surface area contributed by atoms with Crippen molar-refractivity contribution in [1.82, 2.24) is 0 Å². The van der Waals surface area contributed by atoms with E-state index in [-0.39, 0.29) is 5.78 Å². The van der Waals surface area contributed by atoms with Gasteiger partial charge in [-0.25, -0.2) is 0 Å². The number of hydrogen-bond donors (Lipinski definition) is 0. The molecule has 0 aliphatic heterocycles. The molecule has 1 aromatic carbocycles. The van der Waals surface area contributed by atoms with Gasteiger partial charge in [-0.15, -0.1) is 11.8 Å². The van der Waals surface area contributed by atoms with Gasteiger partial charge in [0.15, 0.2) is 5.78 Å². The Morgan fingerprint density at radius 2 is 2.20 bits per heavy atom. The molecule has 2 nitrogen and oxygen atoms in total. The highest BCUT2D eigenvalue weighted by atomic mass is 32.2. The van der Waals surface area contributed by atoms with Gasteiger partial charge in [-0.05, 0) is 31.2 Å². The molecule has 1 rings (SSSR count). The average Bonchev–Trinajstić information content (AvgIpc) is 2.25. The Bertz CT molecular complexity index is 347. The molecule has 1 aromatic rings. The fraction of sp³-hybridized carbons (Fsp3) is 0.417. The van der Waals surface area contributed by atoms with Crippen molar-refractivity contribution in [3.63, 3.8) is 0 Å². The number of ketones is 1. The van der Waals surface area contributed by atoms with Crippen molar-refractivity contribution < 1.29 is 9.53 Å². The maximum absolute atomic E-state index is 11.5. The van der Waals surface area contributed by atoms with Crippen LogP contribution in [0.5, 0.6) is 5.75 Å². The van der Waals surface area contributed by atoms with E-state index in [0.717, 1.165) is 17.1 Å². The summed E-state index contributed by atoms with van der Waals surface area (Å²) in [5, 5.41) is 0. The molecule has 0 heterocycles. The highest BCUT2D eigenvalue weighted by Crippen LogP contribution is 2.30. The molecule has 0 amide bonds. The number of carbonyl (C=O) groups excluding carboxylic acids is 1. The van der Waals surface area contributed by atoms with Crippen LogP contribution in [0, 0.1) is 0 Å². The number of Topliss-reactive ketones (excluding diaryl/α,β-unsaturated/α-hetero) is 1. The summed E-state index contributed by atoms with van der Waals surface area (Å²) in [6.45, 7) is 3.70. The van der Waals surface area contributed by atoms with Gasteiger partial charge in [0.1, 0.15) is 5.75 Å². The average molecular weight is 224 g/mol. The number of rotatable bonds is 5. The third-order valence-corrected chi connectivity index (χ3v) is 3.29. The van der Waals surface area contributed by atoms with Crippen molar-refractivity contribution in [2.75, 3.05) is 12.9 Å². The number of carbonyl (C=O) groups is 1. The van der Waals surface area contributed by atoms with E-state index in [1.54, 1.807) is 25.8 Å². The maximum atomic E-state index is 11.5. The van der Waals surface area contributed by atoms with Gasteiger partial charge >= 0.3 is 0 Å². The van der Waals surface area contributed by atoms with E-state index >= 15 is 0 Å². The Morgan fingerprint density at radius 1 is 1.47 bits per heavy atom. The van der Waals surface area contributed by atoms with Crippen molar-refractivity contribution in [3.8, 4) is 5.75 Å². The first-order valence-electron chi connectivity index (χ1n) is 5.01. The normalized spacial score (nSPS) is 10.1. The van der Waals surface area contributed by atoms with Crippen LogP contribution in [0.1, 0.15) is 30.6 Å². The van der Waals surface area contributed by atoms with E-state index in [9.17, 15) is 4.79 Å². The van der Waals surface area contributed by atoms with E-state index in [1.165, 1.54) is 0 Å². The van der Waals surface area contributed by atoms with Gasteiger partial charge in [0.2, 0.25) is 0 Å². The van der Waals surface area contributed by atoms with Crippen LogP contribution in [0.25, 0.3) is 0 Å². The Kier molecular flexibility index (Phi) is 4.69. The predicted molar refractivity (Wildman–Crippen MR) is 64.0 cm³/mol. The maximum Gasteiger partial charge on any atom is 0.164 e. The number of benzene rings is 1. The quantitative estimate of drug-likeness (QED) is 0.566. The minimum atomic E-state index is 0.0612. The summed E-state index contributed by atoms with van der Waals surface area (Å²) < 4.78 is 5.19. The van der Waals surface area contributed by atoms with Crippen LogP contribution < -0.4 is 4.74 Å². The molecule has 82 valence electrons. The van der Waals surface area contributed by atoms with E-state index in [0.29, 0.717) is 11.3 Å². The van der Waals surface area contributed by atoms with Crippen LogP contribution in [0.2, 0.25) is 0 Å². The van der Waals surface area contributed by atoms with Gasteiger partial charge in [-0.3, -0.25) is 4.79 Å². The Morgan fingerprint density at radius 3 is 2.73 bits per heavy atom. The van der Waals surface area contributed by atoms with Crippen molar-refractivity contribution in [1.29, 1.82) is 0 Å². The second-order valence-corrected chi connectivity index (χ2v) is 4.37. The third kappa shape index (κ3) is 2.99. The second-order valence-electron chi connectivity index (χ2n) is 3.24. The Balaban J connectivity index is 3.07. The molecular formula is C12H16O2S. The molecule has 0 bridgehead atoms. The molecule has 0 radical (unpaired) electrons. The number of methoxy groups -OCH3 is 1. The van der Waals surface area contributed by atoms with Crippen LogP contribution >= 0.6 is 11.8 Å². The first kappa shape index (κ1) is 12.1. The molecule has 0 atom stereocenters. The highest BCUT2D eigenvalue weighted by Gasteiger charge is 2.13. The zero-order chi connectivity index (χ0) is 11.3. The van der Waals surface area contributed by atoms with Crippen LogP contribution in [0.3, 0.4) is 0 Å². The lowest BCUT2D eigenvalue weighted by Gasteiger charge is -2.10. The van der Waals surface area contributed by atoms with E-state index in [1.807, 2.05) is 18.2 Å². The summed E-state index contributed by atoms with van der Waals surface area (Å²) >= 11 is 1.70. The summed E-state index contributed by atoms with van der Waals surface area (Å²) in [6.07, 6.45) is 1.10. The van der Waals surface area contributed by atoms with Crippen LogP contribution in [0.15, 0.2) is 23.1 Å². The number of ether oxygens (including phenoxy) is 1. The fourth-order valence-corrected chi connectivity index (χ4v) is 2.35. The first-order valence-corrected chi connectivity index (χ1v) is 6.00. The SMILES string of the molecule is CCCSc1cccc(OC)c1C(C)=O. The van der Waals surface area contributed by atoms with E-state index in [4.69, 9.17) is 4.74 Å². The molecule has 0 aliphatic carbocycles. The van der Waals surface area contributed by atoms with Gasteiger partial charge in [-0.2, -0.15) is 0 Å². The summed E-state index contributed by atoms with van der Waals surface area (Å²) in [5.41, 5.74) is 0.707. The second kappa shape index (κ2) is 5.81. The van der Waals surface area contributed by atoms with Gasteiger partial charge in [0.05, 0.1) is 12.7 Å². The van der Waals surface area contributed by atoms with Crippen molar-refractivity contribution in [2.45, 2.75) is 25.2 Å². The summed E-state index contributed by atoms with van der Waals surface area (Å²) in [5.74, 6) is 1.75. The lowest BCUT2D eigenvalue weighted by molar-refractivity contribution is 0.101. The van der Waals surface area contributed by atoms with Gasteiger partial charge in [-0.1, -0.05) is 13.0 Å². The van der Waals surface area contributed by atoms with E-state index < -0.39 is 0 Å². The van der Waals surface area contributed by atoms with Gasteiger partial charge in [0, 0.05) is 4.90 Å². The van der Waals surface area contributed by atoms with Crippen LogP contribution in [0.4, 0.5) is 0 Å². The van der Waals surface area contributed by atoms with Crippen LogP contribution in [-0.4, -0.2) is 18.6 Å². The number of hydrogen-bond acceptors (Lipinski definition) is 3. The standard InChI is InChI=1S/C12H16O2S/c1-4-8-15-11-7-5-6-10(14-3)12(11)9(2)13/h5-7H,4,8H2,1-3H3. The van der Waals surface area contributed by atoms with Crippen molar-refractivity contribution in [2.24, 2.45) is 0 Å². The molecule has 0 unspecified atom stereocenters. The molecule has 0 saturated heterocycles. The fourth-order valence-electron chi connectivity index (χ4n) is 1.36. The summed E-state index contributed by atoms with van der Waals surface area (Å²) in [4.78, 5) is 12.5. The predicted octanol–water partition coefficient (Wildman–Crippen LogP) is 3.40. The molecular weight excluding hydrogens is 208 g/mol.